The molecule has 0 atom stereocenters. The summed E-state index contributed by atoms with van der Waals surface area (Å²) < 4.78 is 0.995. The molecule has 1 aliphatic carbocycles. The molecule has 0 saturated heterocycles. The van der Waals surface area contributed by atoms with Gasteiger partial charge in [0.15, 0.2) is 0 Å². The second kappa shape index (κ2) is 6.35. The zero-order chi connectivity index (χ0) is 13.7. The van der Waals surface area contributed by atoms with Crippen LogP contribution < -0.4 is 5.32 Å². The molecule has 1 saturated carbocycles. The number of nitrogens with one attached hydrogen (secondary N) is 1. The highest BCUT2D eigenvalue weighted by Crippen LogP contribution is 2.47. The number of hydrogen-bond acceptors (Lipinski definition) is 2. The first kappa shape index (κ1) is 14.3. The van der Waals surface area contributed by atoms with Crippen molar-refractivity contribution in [1.82, 2.24) is 5.32 Å². The van der Waals surface area contributed by atoms with E-state index < -0.39 is 0 Å². The summed E-state index contributed by atoms with van der Waals surface area (Å²) in [6.07, 6.45) is 6.33. The average molecular weight is 324 g/mol. The zero-order valence-electron chi connectivity index (χ0n) is 10.7. The Morgan fingerprint density at radius 2 is 2.26 bits per heavy atom. The Morgan fingerprint density at radius 3 is 2.89 bits per heavy atom. The van der Waals surface area contributed by atoms with Crippen LogP contribution >= 0.6 is 15.9 Å². The van der Waals surface area contributed by atoms with Crippen molar-refractivity contribution in [3.63, 3.8) is 0 Å². The van der Waals surface area contributed by atoms with Gasteiger partial charge in [-0.1, -0.05) is 28.1 Å². The molecular weight excluding hydrogens is 306 g/mol. The Kier molecular flexibility index (Phi) is 4.77. The highest BCUT2D eigenvalue weighted by atomic mass is 79.9. The van der Waals surface area contributed by atoms with Gasteiger partial charge in [-0.05, 0) is 48.4 Å². The SMILES string of the molecule is O=C(/C=C/c1cccc(Br)c1)NCC1(CCO)CC1. The van der Waals surface area contributed by atoms with Crippen molar-refractivity contribution >= 4 is 27.9 Å². The van der Waals surface area contributed by atoms with Gasteiger partial charge in [-0.2, -0.15) is 0 Å². The minimum Gasteiger partial charge on any atom is -0.396 e. The summed E-state index contributed by atoms with van der Waals surface area (Å²) in [7, 11) is 0. The lowest BCUT2D eigenvalue weighted by Crippen LogP contribution is -2.29. The van der Waals surface area contributed by atoms with Gasteiger partial charge in [0.2, 0.25) is 5.91 Å². The van der Waals surface area contributed by atoms with E-state index in [2.05, 4.69) is 21.2 Å². The number of rotatable bonds is 6. The lowest BCUT2D eigenvalue weighted by atomic mass is 10.0. The van der Waals surface area contributed by atoms with Crippen molar-refractivity contribution in [3.05, 3.63) is 40.4 Å². The predicted octanol–water partition coefficient (Wildman–Crippen LogP) is 2.74. The van der Waals surface area contributed by atoms with E-state index in [0.29, 0.717) is 6.54 Å². The van der Waals surface area contributed by atoms with Crippen LogP contribution in [0.4, 0.5) is 0 Å². The molecule has 1 fully saturated rings. The number of carbonyl (C=O) groups excluding carboxylic acids is 1. The van der Waals surface area contributed by atoms with E-state index >= 15 is 0 Å². The van der Waals surface area contributed by atoms with E-state index in [1.807, 2.05) is 24.3 Å². The van der Waals surface area contributed by atoms with Gasteiger partial charge in [0.1, 0.15) is 0 Å². The fourth-order valence-electron chi connectivity index (χ4n) is 2.04. The second-order valence-electron chi connectivity index (χ2n) is 5.08. The smallest absolute Gasteiger partial charge is 0.244 e. The van der Waals surface area contributed by atoms with Crippen LogP contribution in [0, 0.1) is 5.41 Å². The molecular formula is C15H18BrNO2. The zero-order valence-corrected chi connectivity index (χ0v) is 12.3. The first-order valence-electron chi connectivity index (χ1n) is 6.46. The van der Waals surface area contributed by atoms with E-state index in [4.69, 9.17) is 5.11 Å². The number of aliphatic hydroxyl groups excluding tert-OH is 1. The van der Waals surface area contributed by atoms with Crippen LogP contribution in [0.3, 0.4) is 0 Å². The maximum absolute atomic E-state index is 11.7. The van der Waals surface area contributed by atoms with E-state index in [1.54, 1.807) is 12.2 Å². The molecule has 1 aromatic carbocycles. The number of benzene rings is 1. The molecule has 1 amide bonds. The average Bonchev–Trinajstić information content (AvgIpc) is 3.15. The molecule has 2 rings (SSSR count). The van der Waals surface area contributed by atoms with Crippen LogP contribution in [0.1, 0.15) is 24.8 Å². The quantitative estimate of drug-likeness (QED) is 0.791. The maximum atomic E-state index is 11.7. The molecule has 0 bridgehead atoms. The van der Waals surface area contributed by atoms with E-state index in [0.717, 1.165) is 29.3 Å². The summed E-state index contributed by atoms with van der Waals surface area (Å²) in [5, 5.41) is 11.9. The fourth-order valence-corrected chi connectivity index (χ4v) is 2.46. The van der Waals surface area contributed by atoms with Crippen molar-refractivity contribution in [2.24, 2.45) is 5.41 Å². The summed E-state index contributed by atoms with van der Waals surface area (Å²) in [6, 6.07) is 7.78. The number of amides is 1. The van der Waals surface area contributed by atoms with Gasteiger partial charge in [-0.15, -0.1) is 0 Å². The summed E-state index contributed by atoms with van der Waals surface area (Å²) in [5.74, 6) is -0.0795. The fraction of sp³-hybridized carbons (Fsp3) is 0.400. The lowest BCUT2D eigenvalue weighted by Gasteiger charge is -2.13. The van der Waals surface area contributed by atoms with Gasteiger partial charge in [0, 0.05) is 23.7 Å². The van der Waals surface area contributed by atoms with E-state index in [-0.39, 0.29) is 17.9 Å². The third-order valence-electron chi connectivity index (χ3n) is 3.51. The molecule has 1 aromatic rings. The van der Waals surface area contributed by atoms with Crippen molar-refractivity contribution in [3.8, 4) is 0 Å². The molecule has 0 aliphatic heterocycles. The summed E-state index contributed by atoms with van der Waals surface area (Å²) >= 11 is 3.39. The van der Waals surface area contributed by atoms with Gasteiger partial charge in [-0.25, -0.2) is 0 Å². The minimum absolute atomic E-state index is 0.0795. The first-order chi connectivity index (χ1) is 9.13. The first-order valence-corrected chi connectivity index (χ1v) is 7.25. The molecule has 1 aliphatic rings. The molecule has 3 nitrogen and oxygen atoms in total. The Morgan fingerprint density at radius 1 is 1.47 bits per heavy atom. The van der Waals surface area contributed by atoms with Gasteiger partial charge in [0.25, 0.3) is 0 Å². The molecule has 19 heavy (non-hydrogen) atoms. The summed E-state index contributed by atoms with van der Waals surface area (Å²) in [6.45, 7) is 0.860. The van der Waals surface area contributed by atoms with Gasteiger partial charge in [0.05, 0.1) is 0 Å². The Labute approximate surface area is 121 Å². The van der Waals surface area contributed by atoms with Crippen molar-refractivity contribution in [2.45, 2.75) is 19.3 Å². The lowest BCUT2D eigenvalue weighted by molar-refractivity contribution is -0.116. The summed E-state index contributed by atoms with van der Waals surface area (Å²) in [5.41, 5.74) is 1.15. The number of aliphatic hydroxyl groups is 1. The third-order valence-corrected chi connectivity index (χ3v) is 4.01. The van der Waals surface area contributed by atoms with Gasteiger partial charge < -0.3 is 10.4 Å². The molecule has 2 N–H and O–H groups in total. The largest absolute Gasteiger partial charge is 0.396 e. The van der Waals surface area contributed by atoms with Crippen LogP contribution in [0.15, 0.2) is 34.8 Å². The highest BCUT2D eigenvalue weighted by molar-refractivity contribution is 9.10. The van der Waals surface area contributed by atoms with Crippen LogP contribution in [0.25, 0.3) is 6.08 Å². The van der Waals surface area contributed by atoms with Crippen LogP contribution in [0.2, 0.25) is 0 Å². The normalized spacial score (nSPS) is 16.5. The third kappa shape index (κ3) is 4.48. The Bertz CT molecular complexity index is 481. The molecule has 0 spiro atoms. The van der Waals surface area contributed by atoms with Crippen LogP contribution in [0.5, 0.6) is 0 Å². The predicted molar refractivity (Wildman–Crippen MR) is 79.6 cm³/mol. The molecule has 102 valence electrons. The monoisotopic (exact) mass is 323 g/mol. The standard InChI is InChI=1S/C15H18BrNO2/c16-13-3-1-2-12(10-13)4-5-14(19)17-11-15(6-7-15)8-9-18/h1-5,10,18H,6-9,11H2,(H,17,19)/b5-4+. The van der Waals surface area contributed by atoms with Crippen molar-refractivity contribution in [1.29, 1.82) is 0 Å². The highest BCUT2D eigenvalue weighted by Gasteiger charge is 2.41. The molecule has 0 aromatic heterocycles. The van der Waals surface area contributed by atoms with Crippen LogP contribution in [-0.4, -0.2) is 24.2 Å². The Balaban J connectivity index is 1.81. The Hall–Kier alpha value is -1.13. The van der Waals surface area contributed by atoms with E-state index in [1.165, 1.54) is 0 Å². The second-order valence-corrected chi connectivity index (χ2v) is 6.00. The summed E-state index contributed by atoms with van der Waals surface area (Å²) in [4.78, 5) is 11.7. The molecule has 0 unspecified atom stereocenters. The number of halogens is 1. The molecule has 4 heteroatoms. The molecule has 0 radical (unpaired) electrons. The van der Waals surface area contributed by atoms with Gasteiger partial charge >= 0.3 is 0 Å². The minimum atomic E-state index is -0.0795. The number of hydrogen-bond donors (Lipinski definition) is 2. The van der Waals surface area contributed by atoms with Crippen molar-refractivity contribution in [2.75, 3.05) is 13.2 Å². The van der Waals surface area contributed by atoms with Crippen LogP contribution in [-0.2, 0) is 4.79 Å². The van der Waals surface area contributed by atoms with Gasteiger partial charge in [-0.3, -0.25) is 4.79 Å². The molecule has 0 heterocycles. The van der Waals surface area contributed by atoms with Crippen molar-refractivity contribution < 1.29 is 9.90 Å². The maximum Gasteiger partial charge on any atom is 0.244 e. The van der Waals surface area contributed by atoms with E-state index in [9.17, 15) is 4.79 Å². The number of carbonyl (C=O) groups is 1. The topological polar surface area (TPSA) is 49.3 Å².